The first-order chi connectivity index (χ1) is 13.9. The Morgan fingerprint density at radius 2 is 1.76 bits per heavy atom. The lowest BCUT2D eigenvalue weighted by molar-refractivity contribution is -0.131. The van der Waals surface area contributed by atoms with Crippen molar-refractivity contribution in [1.82, 2.24) is 4.98 Å². The van der Waals surface area contributed by atoms with E-state index in [-0.39, 0.29) is 5.41 Å². The van der Waals surface area contributed by atoms with Gasteiger partial charge in [-0.15, -0.1) is 0 Å². The van der Waals surface area contributed by atoms with Crippen LogP contribution in [0.2, 0.25) is 5.02 Å². The monoisotopic (exact) mass is 409 g/mol. The molecule has 6 rings (SSSR count). The van der Waals surface area contributed by atoms with Crippen LogP contribution < -0.4 is 0 Å². The van der Waals surface area contributed by atoms with Crippen molar-refractivity contribution in [2.24, 2.45) is 17.8 Å². The lowest BCUT2D eigenvalue weighted by atomic mass is 9.48. The second-order valence-electron chi connectivity index (χ2n) is 9.20. The number of nitrogens with zero attached hydrogens (tertiary/aromatic N) is 1. The molecule has 2 aromatic rings. The Balaban J connectivity index is 1.51. The zero-order chi connectivity index (χ0) is 20.2. The van der Waals surface area contributed by atoms with E-state index in [1.807, 2.05) is 6.07 Å². The molecule has 1 heterocycles. The van der Waals surface area contributed by atoms with E-state index in [0.29, 0.717) is 22.0 Å². The summed E-state index contributed by atoms with van der Waals surface area (Å²) in [5, 5.41) is 20.0. The number of pyridine rings is 1. The summed E-state index contributed by atoms with van der Waals surface area (Å²) >= 11 is 6.48. The number of rotatable bonds is 4. The number of aromatic hydroxyl groups is 1. The van der Waals surface area contributed by atoms with Crippen molar-refractivity contribution in [2.75, 3.05) is 0 Å². The van der Waals surface area contributed by atoms with E-state index < -0.39 is 5.97 Å². The van der Waals surface area contributed by atoms with Crippen LogP contribution in [0, 0.1) is 17.8 Å². The highest BCUT2D eigenvalue weighted by Crippen LogP contribution is 2.62. The Labute approximate surface area is 175 Å². The van der Waals surface area contributed by atoms with Gasteiger partial charge < -0.3 is 10.2 Å². The average Bonchev–Trinajstić information content (AvgIpc) is 2.66. The number of carbonyl (C=O) groups is 1. The van der Waals surface area contributed by atoms with Gasteiger partial charge in [0.25, 0.3) is 0 Å². The largest absolute Gasteiger partial charge is 0.508 e. The van der Waals surface area contributed by atoms with Crippen LogP contribution in [0.1, 0.15) is 49.7 Å². The molecule has 5 heteroatoms. The molecule has 1 aromatic carbocycles. The molecule has 4 bridgehead atoms. The van der Waals surface area contributed by atoms with Crippen LogP contribution in [0.15, 0.2) is 36.5 Å². The first-order valence-corrected chi connectivity index (χ1v) is 10.7. The maximum Gasteiger partial charge on any atom is 0.328 e. The zero-order valence-corrected chi connectivity index (χ0v) is 16.9. The normalized spacial score (nSPS) is 30.2. The fourth-order valence-electron chi connectivity index (χ4n) is 6.47. The standard InChI is InChI=1S/C24H24ClNO3/c25-20-8-14(1-4-22(28)29)13-26-23(20)18-2-3-21(27)19(9-18)24-10-15-5-16(11-24)7-17(6-15)12-24/h1-4,8-9,13,15-17,27H,5-7,10-12H2,(H,28,29)/b4-1+. The molecule has 1 aromatic heterocycles. The predicted octanol–water partition coefficient (Wildman–Crippen LogP) is 5.67. The number of halogens is 1. The maximum atomic E-state index is 10.8. The van der Waals surface area contributed by atoms with Crippen LogP contribution in [-0.4, -0.2) is 21.2 Å². The van der Waals surface area contributed by atoms with Gasteiger partial charge in [-0.05, 0) is 97.6 Å². The molecule has 2 N–H and O–H groups in total. The molecule has 0 amide bonds. The van der Waals surface area contributed by atoms with Gasteiger partial charge in [0, 0.05) is 23.4 Å². The highest BCUT2D eigenvalue weighted by atomic mass is 35.5. The van der Waals surface area contributed by atoms with E-state index in [9.17, 15) is 9.90 Å². The van der Waals surface area contributed by atoms with Crippen molar-refractivity contribution < 1.29 is 15.0 Å². The molecular formula is C24H24ClNO3. The third-order valence-electron chi connectivity index (χ3n) is 7.16. The molecule has 29 heavy (non-hydrogen) atoms. The highest BCUT2D eigenvalue weighted by Gasteiger charge is 2.52. The Morgan fingerprint density at radius 3 is 2.34 bits per heavy atom. The molecule has 0 atom stereocenters. The van der Waals surface area contributed by atoms with Gasteiger partial charge in [-0.2, -0.15) is 0 Å². The molecule has 4 aliphatic carbocycles. The summed E-state index contributed by atoms with van der Waals surface area (Å²) in [4.78, 5) is 15.2. The molecule has 0 radical (unpaired) electrons. The van der Waals surface area contributed by atoms with Crippen LogP contribution >= 0.6 is 11.6 Å². The average molecular weight is 410 g/mol. The van der Waals surface area contributed by atoms with Crippen LogP contribution in [0.4, 0.5) is 0 Å². The second kappa shape index (κ2) is 6.88. The summed E-state index contributed by atoms with van der Waals surface area (Å²) in [5.41, 5.74) is 3.34. The molecule has 4 aliphatic rings. The zero-order valence-electron chi connectivity index (χ0n) is 16.1. The van der Waals surface area contributed by atoms with E-state index in [4.69, 9.17) is 16.7 Å². The van der Waals surface area contributed by atoms with Crippen LogP contribution in [0.5, 0.6) is 5.75 Å². The summed E-state index contributed by atoms with van der Waals surface area (Å²) in [6, 6.07) is 7.45. The van der Waals surface area contributed by atoms with E-state index in [2.05, 4.69) is 11.1 Å². The minimum Gasteiger partial charge on any atom is -0.508 e. The van der Waals surface area contributed by atoms with Crippen molar-refractivity contribution in [3.8, 4) is 17.0 Å². The molecule has 0 aliphatic heterocycles. The lowest BCUT2D eigenvalue weighted by Crippen LogP contribution is -2.48. The molecule has 0 saturated heterocycles. The molecule has 4 saturated carbocycles. The van der Waals surface area contributed by atoms with Gasteiger partial charge in [0.15, 0.2) is 0 Å². The Morgan fingerprint density at radius 1 is 1.10 bits per heavy atom. The van der Waals surface area contributed by atoms with E-state index in [0.717, 1.165) is 35.0 Å². The van der Waals surface area contributed by atoms with Gasteiger partial charge in [0.2, 0.25) is 0 Å². The number of hydrogen-bond donors (Lipinski definition) is 2. The Kier molecular flexibility index (Phi) is 4.43. The first-order valence-electron chi connectivity index (χ1n) is 10.3. The fraction of sp³-hybridized carbons (Fsp3) is 0.417. The van der Waals surface area contributed by atoms with Gasteiger partial charge >= 0.3 is 5.97 Å². The number of phenolic OH excluding ortho intramolecular Hbond substituents is 1. The maximum absolute atomic E-state index is 10.8. The number of carboxylic acids is 1. The number of carboxylic acid groups (broad SMARTS) is 1. The number of hydrogen-bond acceptors (Lipinski definition) is 3. The quantitative estimate of drug-likeness (QED) is 0.638. The van der Waals surface area contributed by atoms with Crippen LogP contribution in [-0.2, 0) is 10.2 Å². The summed E-state index contributed by atoms with van der Waals surface area (Å²) in [6.45, 7) is 0. The molecule has 0 unspecified atom stereocenters. The number of aliphatic carboxylic acids is 1. The Bertz CT molecular complexity index is 978. The molecule has 4 fully saturated rings. The summed E-state index contributed by atoms with van der Waals surface area (Å²) in [5.74, 6) is 1.76. The minimum atomic E-state index is -1.01. The van der Waals surface area contributed by atoms with Gasteiger partial charge in [0.05, 0.1) is 10.7 Å². The molecule has 0 spiro atoms. The fourth-order valence-corrected chi connectivity index (χ4v) is 6.76. The number of benzene rings is 1. The lowest BCUT2D eigenvalue weighted by Gasteiger charge is -2.57. The van der Waals surface area contributed by atoms with Crippen molar-refractivity contribution in [3.05, 3.63) is 52.7 Å². The van der Waals surface area contributed by atoms with Crippen molar-refractivity contribution in [1.29, 1.82) is 0 Å². The van der Waals surface area contributed by atoms with Crippen LogP contribution in [0.25, 0.3) is 17.3 Å². The van der Waals surface area contributed by atoms with Gasteiger partial charge in [-0.25, -0.2) is 4.79 Å². The van der Waals surface area contributed by atoms with Crippen molar-refractivity contribution in [2.45, 2.75) is 43.9 Å². The van der Waals surface area contributed by atoms with Gasteiger partial charge in [-0.3, -0.25) is 4.98 Å². The van der Waals surface area contributed by atoms with E-state index in [1.165, 1.54) is 44.6 Å². The van der Waals surface area contributed by atoms with Gasteiger partial charge in [0.1, 0.15) is 5.75 Å². The van der Waals surface area contributed by atoms with E-state index >= 15 is 0 Å². The molecular weight excluding hydrogens is 386 g/mol. The molecule has 4 nitrogen and oxygen atoms in total. The highest BCUT2D eigenvalue weighted by molar-refractivity contribution is 6.33. The van der Waals surface area contributed by atoms with Crippen LogP contribution in [0.3, 0.4) is 0 Å². The third kappa shape index (κ3) is 3.33. The summed E-state index contributed by atoms with van der Waals surface area (Å²) in [6.07, 6.45) is 11.8. The summed E-state index contributed by atoms with van der Waals surface area (Å²) in [7, 11) is 0. The SMILES string of the molecule is O=C(O)/C=C/c1cnc(-c2ccc(O)c(C34CC5CC(CC(C5)C3)C4)c2)c(Cl)c1. The molecule has 150 valence electrons. The summed E-state index contributed by atoms with van der Waals surface area (Å²) < 4.78 is 0. The van der Waals surface area contributed by atoms with Crippen molar-refractivity contribution in [3.63, 3.8) is 0 Å². The minimum absolute atomic E-state index is 0.0888. The smallest absolute Gasteiger partial charge is 0.328 e. The number of phenols is 1. The topological polar surface area (TPSA) is 70.4 Å². The Hall–Kier alpha value is -2.33. The third-order valence-corrected chi connectivity index (χ3v) is 7.45. The predicted molar refractivity (Wildman–Crippen MR) is 113 cm³/mol. The van der Waals surface area contributed by atoms with Crippen molar-refractivity contribution >= 4 is 23.6 Å². The first kappa shape index (κ1) is 18.7. The van der Waals surface area contributed by atoms with Gasteiger partial charge in [-0.1, -0.05) is 11.6 Å². The second-order valence-corrected chi connectivity index (χ2v) is 9.61. The number of aromatic nitrogens is 1. The van der Waals surface area contributed by atoms with E-state index in [1.54, 1.807) is 18.3 Å².